The van der Waals surface area contributed by atoms with Crippen molar-refractivity contribution in [2.45, 2.75) is 12.8 Å². The normalized spacial score (nSPS) is 11.7. The van der Waals surface area contributed by atoms with Crippen LogP contribution in [-0.2, 0) is 12.8 Å². The van der Waals surface area contributed by atoms with Crippen LogP contribution in [0.4, 0.5) is 13.2 Å². The maximum Gasteiger partial charge on any atom is 0.455 e. The number of primary amides is 1. The lowest BCUT2D eigenvalue weighted by Crippen LogP contribution is -2.21. The molecule has 11 heteroatoms. The number of rotatable bonds is 3. The average molecular weight is 261 g/mol. The number of hydrogen-bond acceptors (Lipinski definition) is 5. The molecule has 2 aromatic heterocycles. The smallest absolute Gasteiger partial charge is 0.364 e. The number of aromatic nitrogens is 6. The Labute approximate surface area is 97.2 Å². The summed E-state index contributed by atoms with van der Waals surface area (Å²) in [6.07, 6.45) is -3.39. The number of alkyl halides is 3. The zero-order chi connectivity index (χ0) is 13.3. The molecule has 96 valence electrons. The van der Waals surface area contributed by atoms with Crippen molar-refractivity contribution in [3.8, 4) is 0 Å². The molecule has 0 fully saturated rings. The number of hydrogen-bond donors (Lipinski definition) is 1. The quantitative estimate of drug-likeness (QED) is 0.801. The third-order valence-electron chi connectivity index (χ3n) is 1.94. The van der Waals surface area contributed by atoms with Crippen molar-refractivity contribution in [3.05, 3.63) is 23.8 Å². The van der Waals surface area contributed by atoms with Crippen LogP contribution in [0, 0.1) is 0 Å². The molecule has 2 aromatic rings. The molecule has 1 amide bonds. The second-order valence-electron chi connectivity index (χ2n) is 3.20. The number of tetrazole rings is 1. The van der Waals surface area contributed by atoms with Crippen molar-refractivity contribution in [2.75, 3.05) is 0 Å². The van der Waals surface area contributed by atoms with E-state index in [1.165, 1.54) is 12.3 Å². The van der Waals surface area contributed by atoms with E-state index in [0.29, 0.717) is 4.80 Å². The van der Waals surface area contributed by atoms with E-state index in [0.717, 1.165) is 4.68 Å². The predicted octanol–water partition coefficient (Wildman–Crippen LogP) is -0.507. The molecule has 0 aliphatic rings. The first-order chi connectivity index (χ1) is 8.38. The summed E-state index contributed by atoms with van der Waals surface area (Å²) in [7, 11) is 0. The lowest BCUT2D eigenvalue weighted by Gasteiger charge is -2.02. The highest BCUT2D eigenvalue weighted by atomic mass is 19.4. The van der Waals surface area contributed by atoms with Crippen LogP contribution in [0.3, 0.4) is 0 Å². The minimum absolute atomic E-state index is 0.0286. The molecule has 0 aliphatic heterocycles. The Morgan fingerprint density at radius 3 is 2.72 bits per heavy atom. The lowest BCUT2D eigenvalue weighted by atomic mass is 10.4. The van der Waals surface area contributed by atoms with Crippen LogP contribution in [-0.4, -0.2) is 35.9 Å². The fraction of sp³-hybridized carbons (Fsp3) is 0.286. The average Bonchev–Trinajstić information content (AvgIpc) is 2.85. The summed E-state index contributed by atoms with van der Waals surface area (Å²) in [6.45, 7) is -0.297. The van der Waals surface area contributed by atoms with E-state index in [4.69, 9.17) is 5.73 Å². The molecule has 0 bridgehead atoms. The highest BCUT2D eigenvalue weighted by Crippen LogP contribution is 2.24. The van der Waals surface area contributed by atoms with Gasteiger partial charge in [0.25, 0.3) is 11.7 Å². The second-order valence-corrected chi connectivity index (χ2v) is 3.20. The zero-order valence-corrected chi connectivity index (χ0v) is 8.66. The van der Waals surface area contributed by atoms with Crippen LogP contribution in [0.2, 0.25) is 0 Å². The SMILES string of the molecule is NC(=O)c1ccnn1Cn1nnc(C(F)(F)F)n1. The number of nitrogens with zero attached hydrogens (tertiary/aromatic N) is 6. The molecule has 0 unspecified atom stereocenters. The molecule has 2 rings (SSSR count). The fourth-order valence-electron chi connectivity index (χ4n) is 1.19. The molecule has 0 atom stereocenters. The second kappa shape index (κ2) is 4.09. The molecule has 0 aliphatic carbocycles. The number of carbonyl (C=O) groups is 1. The Bertz CT molecular complexity index is 572. The standard InChI is InChI=1S/C7H6F3N7O/c8-7(9,10)6-13-15-17(14-6)3-16-4(5(11)18)1-2-12-16/h1-2H,3H2,(H2,11,18). The number of amides is 1. The van der Waals surface area contributed by atoms with Crippen LogP contribution in [0.25, 0.3) is 0 Å². The van der Waals surface area contributed by atoms with Crippen molar-refractivity contribution in [1.29, 1.82) is 0 Å². The van der Waals surface area contributed by atoms with Gasteiger partial charge >= 0.3 is 6.18 Å². The molecule has 0 spiro atoms. The van der Waals surface area contributed by atoms with Gasteiger partial charge < -0.3 is 5.73 Å². The van der Waals surface area contributed by atoms with Crippen LogP contribution in [0.5, 0.6) is 0 Å². The van der Waals surface area contributed by atoms with Crippen LogP contribution in [0.15, 0.2) is 12.3 Å². The van der Waals surface area contributed by atoms with E-state index in [1.807, 2.05) is 0 Å². The monoisotopic (exact) mass is 261 g/mol. The Balaban J connectivity index is 2.22. The Hall–Kier alpha value is -2.46. The molecule has 0 radical (unpaired) electrons. The summed E-state index contributed by atoms with van der Waals surface area (Å²) < 4.78 is 37.7. The summed E-state index contributed by atoms with van der Waals surface area (Å²) in [5, 5.41) is 12.9. The van der Waals surface area contributed by atoms with E-state index < -0.39 is 17.9 Å². The summed E-state index contributed by atoms with van der Waals surface area (Å²) in [6, 6.07) is 1.32. The van der Waals surface area contributed by atoms with E-state index in [-0.39, 0.29) is 12.4 Å². The molecule has 8 nitrogen and oxygen atoms in total. The van der Waals surface area contributed by atoms with Gasteiger partial charge in [0, 0.05) is 6.20 Å². The Morgan fingerprint density at radius 2 is 2.17 bits per heavy atom. The highest BCUT2D eigenvalue weighted by molar-refractivity contribution is 5.90. The summed E-state index contributed by atoms with van der Waals surface area (Å²) in [5.41, 5.74) is 5.07. The number of halogens is 3. The van der Waals surface area contributed by atoms with Gasteiger partial charge in [0.15, 0.2) is 6.67 Å². The van der Waals surface area contributed by atoms with Gasteiger partial charge in [-0.25, -0.2) is 4.68 Å². The topological polar surface area (TPSA) is 105 Å². The molecule has 2 heterocycles. The van der Waals surface area contributed by atoms with Crippen molar-refractivity contribution >= 4 is 5.91 Å². The van der Waals surface area contributed by atoms with Crippen molar-refractivity contribution in [3.63, 3.8) is 0 Å². The molecule has 18 heavy (non-hydrogen) atoms. The first-order valence-corrected chi connectivity index (χ1v) is 4.54. The van der Waals surface area contributed by atoms with Gasteiger partial charge in [-0.05, 0) is 11.3 Å². The molecule has 0 aromatic carbocycles. The minimum atomic E-state index is -4.67. The zero-order valence-electron chi connectivity index (χ0n) is 8.66. The molecule has 2 N–H and O–H groups in total. The van der Waals surface area contributed by atoms with Gasteiger partial charge in [0.2, 0.25) is 0 Å². The summed E-state index contributed by atoms with van der Waals surface area (Å²) >= 11 is 0. The van der Waals surface area contributed by atoms with Crippen LogP contribution >= 0.6 is 0 Å². The van der Waals surface area contributed by atoms with Gasteiger partial charge in [-0.2, -0.15) is 18.3 Å². The fourth-order valence-corrected chi connectivity index (χ4v) is 1.19. The third kappa shape index (κ3) is 2.28. The van der Waals surface area contributed by atoms with Gasteiger partial charge in [-0.1, -0.05) is 0 Å². The summed E-state index contributed by atoms with van der Waals surface area (Å²) in [4.78, 5) is 11.6. The van der Waals surface area contributed by atoms with Crippen LogP contribution in [0.1, 0.15) is 16.3 Å². The van der Waals surface area contributed by atoms with Gasteiger partial charge in [-0.15, -0.1) is 15.0 Å². The van der Waals surface area contributed by atoms with Crippen molar-refractivity contribution < 1.29 is 18.0 Å². The molecular formula is C7H6F3N7O. The van der Waals surface area contributed by atoms with Crippen molar-refractivity contribution in [2.24, 2.45) is 5.73 Å². The largest absolute Gasteiger partial charge is 0.455 e. The summed E-state index contributed by atoms with van der Waals surface area (Å²) in [5.74, 6) is -2.13. The van der Waals surface area contributed by atoms with Gasteiger partial charge in [0.05, 0.1) is 0 Å². The first-order valence-electron chi connectivity index (χ1n) is 4.54. The number of carbonyl (C=O) groups excluding carboxylic acids is 1. The van der Waals surface area contributed by atoms with Crippen LogP contribution < -0.4 is 5.73 Å². The first kappa shape index (κ1) is 12.0. The van der Waals surface area contributed by atoms with E-state index in [2.05, 4.69) is 20.5 Å². The van der Waals surface area contributed by atoms with E-state index in [1.54, 1.807) is 0 Å². The highest BCUT2D eigenvalue weighted by Gasteiger charge is 2.36. The predicted molar refractivity (Wildman–Crippen MR) is 49.0 cm³/mol. The van der Waals surface area contributed by atoms with Crippen molar-refractivity contribution in [1.82, 2.24) is 30.0 Å². The van der Waals surface area contributed by atoms with E-state index >= 15 is 0 Å². The number of nitrogens with two attached hydrogens (primary N) is 1. The Kier molecular flexibility index (Phi) is 2.73. The van der Waals surface area contributed by atoms with Gasteiger partial charge in [-0.3, -0.25) is 4.79 Å². The maximum absolute atomic E-state index is 12.2. The lowest BCUT2D eigenvalue weighted by molar-refractivity contribution is -0.145. The molecule has 0 saturated carbocycles. The minimum Gasteiger partial charge on any atom is -0.364 e. The third-order valence-corrected chi connectivity index (χ3v) is 1.94. The van der Waals surface area contributed by atoms with E-state index in [9.17, 15) is 18.0 Å². The molecular weight excluding hydrogens is 255 g/mol. The van der Waals surface area contributed by atoms with Gasteiger partial charge in [0.1, 0.15) is 5.69 Å². The maximum atomic E-state index is 12.2. The molecule has 0 saturated heterocycles. The Morgan fingerprint density at radius 1 is 1.44 bits per heavy atom.